The Morgan fingerprint density at radius 3 is 2.62 bits per heavy atom. The summed E-state index contributed by atoms with van der Waals surface area (Å²) in [5.74, 6) is -2.67. The van der Waals surface area contributed by atoms with Gasteiger partial charge < -0.3 is 15.4 Å². The van der Waals surface area contributed by atoms with Gasteiger partial charge in [0.15, 0.2) is 0 Å². The third-order valence-corrected chi connectivity index (χ3v) is 2.09. The predicted molar refractivity (Wildman–Crippen MR) is 55.6 cm³/mol. The molecule has 1 saturated heterocycles. The van der Waals surface area contributed by atoms with E-state index < -0.39 is 17.6 Å². The van der Waals surface area contributed by atoms with Crippen LogP contribution in [0.4, 0.5) is 13.6 Å². The summed E-state index contributed by atoms with van der Waals surface area (Å²) in [7, 11) is 0. The highest BCUT2D eigenvalue weighted by Gasteiger charge is 2.39. The molecule has 16 heavy (non-hydrogen) atoms. The molecule has 1 heterocycles. The molecule has 0 saturated carbocycles. The van der Waals surface area contributed by atoms with Crippen molar-refractivity contribution in [1.82, 2.24) is 10.6 Å². The van der Waals surface area contributed by atoms with Gasteiger partial charge in [-0.2, -0.15) is 0 Å². The Bertz CT molecular complexity index is 264. The number of halogens is 2. The largest absolute Gasteiger partial charge is 0.444 e. The van der Waals surface area contributed by atoms with Crippen molar-refractivity contribution >= 4 is 6.09 Å². The zero-order valence-electron chi connectivity index (χ0n) is 9.77. The molecule has 0 spiro atoms. The maximum Gasteiger partial charge on any atom is 0.407 e. The van der Waals surface area contributed by atoms with E-state index in [4.69, 9.17) is 4.74 Å². The summed E-state index contributed by atoms with van der Waals surface area (Å²) in [4.78, 5) is 11.2. The summed E-state index contributed by atoms with van der Waals surface area (Å²) < 4.78 is 30.6. The maximum absolute atomic E-state index is 12.8. The van der Waals surface area contributed by atoms with Crippen molar-refractivity contribution in [3.8, 4) is 0 Å². The van der Waals surface area contributed by atoms with Gasteiger partial charge in [-0.3, -0.25) is 0 Å². The van der Waals surface area contributed by atoms with Crippen molar-refractivity contribution in [2.75, 3.05) is 13.1 Å². The number of carbonyl (C=O) groups excluding carboxylic acids is 1. The lowest BCUT2D eigenvalue weighted by Crippen LogP contribution is -2.39. The molecule has 1 aliphatic rings. The number of ether oxygens (including phenoxy) is 1. The van der Waals surface area contributed by atoms with Crippen molar-refractivity contribution in [2.24, 2.45) is 0 Å². The summed E-state index contributed by atoms with van der Waals surface area (Å²) in [5.41, 5.74) is -0.572. The van der Waals surface area contributed by atoms with Gasteiger partial charge in [-0.05, 0) is 20.8 Å². The summed E-state index contributed by atoms with van der Waals surface area (Å²) in [5, 5.41) is 5.11. The van der Waals surface area contributed by atoms with Gasteiger partial charge in [0, 0.05) is 19.0 Å². The molecule has 1 unspecified atom stereocenters. The monoisotopic (exact) mass is 236 g/mol. The number of alkyl carbamates (subject to hydrolysis) is 1. The normalized spacial score (nSPS) is 24.2. The molecule has 1 aliphatic heterocycles. The first-order chi connectivity index (χ1) is 7.18. The van der Waals surface area contributed by atoms with E-state index >= 15 is 0 Å². The Labute approximate surface area is 93.7 Å². The van der Waals surface area contributed by atoms with Gasteiger partial charge in [-0.15, -0.1) is 0 Å². The molecule has 4 nitrogen and oxygen atoms in total. The first-order valence-electron chi connectivity index (χ1n) is 5.26. The van der Waals surface area contributed by atoms with Crippen molar-refractivity contribution < 1.29 is 18.3 Å². The van der Waals surface area contributed by atoms with Crippen molar-refractivity contribution in [3.05, 3.63) is 0 Å². The quantitative estimate of drug-likeness (QED) is 0.764. The van der Waals surface area contributed by atoms with Crippen LogP contribution in [0.1, 0.15) is 27.2 Å². The summed E-state index contributed by atoms with van der Waals surface area (Å²) in [6.07, 6.45) is -0.826. The first kappa shape index (κ1) is 13.2. The third-order valence-electron chi connectivity index (χ3n) is 2.09. The number of nitrogens with one attached hydrogen (secondary N) is 2. The second-order valence-corrected chi connectivity index (χ2v) is 5.02. The Morgan fingerprint density at radius 2 is 2.19 bits per heavy atom. The van der Waals surface area contributed by atoms with E-state index in [-0.39, 0.29) is 25.6 Å². The molecular weight excluding hydrogens is 218 g/mol. The topological polar surface area (TPSA) is 50.4 Å². The Morgan fingerprint density at radius 1 is 1.56 bits per heavy atom. The molecule has 94 valence electrons. The second-order valence-electron chi connectivity index (χ2n) is 5.02. The molecule has 1 rings (SSSR count). The molecule has 0 aromatic rings. The van der Waals surface area contributed by atoms with Crippen LogP contribution in [-0.2, 0) is 4.74 Å². The van der Waals surface area contributed by atoms with E-state index in [1.165, 1.54) is 0 Å². The zero-order chi connectivity index (χ0) is 12.4. The molecule has 1 fully saturated rings. The van der Waals surface area contributed by atoms with Crippen LogP contribution in [0.3, 0.4) is 0 Å². The van der Waals surface area contributed by atoms with Crippen LogP contribution in [0.5, 0.6) is 0 Å². The standard InChI is InChI=1S/C10H18F2N2O2/c1-9(2,3)16-8(15)13-5-7-4-10(11,12)6-14-7/h7,14H,4-6H2,1-3H3,(H,13,15). The molecule has 2 N–H and O–H groups in total. The smallest absolute Gasteiger partial charge is 0.407 e. The van der Waals surface area contributed by atoms with Gasteiger partial charge in [-0.25, -0.2) is 13.6 Å². The molecule has 0 aromatic heterocycles. The molecule has 0 radical (unpaired) electrons. The summed E-state index contributed by atoms with van der Waals surface area (Å²) >= 11 is 0. The molecule has 0 aromatic carbocycles. The van der Waals surface area contributed by atoms with Gasteiger partial charge in [0.2, 0.25) is 0 Å². The zero-order valence-corrected chi connectivity index (χ0v) is 9.77. The lowest BCUT2D eigenvalue weighted by Gasteiger charge is -2.20. The van der Waals surface area contributed by atoms with Gasteiger partial charge >= 0.3 is 6.09 Å². The van der Waals surface area contributed by atoms with Crippen molar-refractivity contribution in [3.63, 3.8) is 0 Å². The predicted octanol–water partition coefficient (Wildman–Crippen LogP) is 1.51. The molecule has 1 amide bonds. The average molecular weight is 236 g/mol. The number of rotatable bonds is 2. The minimum absolute atomic E-state index is 0.157. The van der Waals surface area contributed by atoms with Gasteiger partial charge in [0.05, 0.1) is 6.54 Å². The minimum Gasteiger partial charge on any atom is -0.444 e. The van der Waals surface area contributed by atoms with Crippen LogP contribution in [0.15, 0.2) is 0 Å². The SMILES string of the molecule is CC(C)(C)OC(=O)NCC1CC(F)(F)CN1. The average Bonchev–Trinajstić information content (AvgIpc) is 2.39. The maximum atomic E-state index is 12.8. The molecule has 0 aliphatic carbocycles. The molecule has 6 heteroatoms. The van der Waals surface area contributed by atoms with Gasteiger partial charge in [0.25, 0.3) is 5.92 Å². The van der Waals surface area contributed by atoms with E-state index in [0.29, 0.717) is 0 Å². The summed E-state index contributed by atoms with van der Waals surface area (Å²) in [6.45, 7) is 5.07. The molecular formula is C10H18F2N2O2. The Kier molecular flexibility index (Phi) is 3.72. The second kappa shape index (κ2) is 4.53. The van der Waals surface area contributed by atoms with Crippen LogP contribution < -0.4 is 10.6 Å². The van der Waals surface area contributed by atoms with E-state index in [9.17, 15) is 13.6 Å². The van der Waals surface area contributed by atoms with E-state index in [1.54, 1.807) is 20.8 Å². The van der Waals surface area contributed by atoms with Crippen LogP contribution in [0.2, 0.25) is 0 Å². The molecule has 0 bridgehead atoms. The Hall–Kier alpha value is -0.910. The first-order valence-corrected chi connectivity index (χ1v) is 5.26. The fourth-order valence-electron chi connectivity index (χ4n) is 1.46. The fraction of sp³-hybridized carbons (Fsp3) is 0.900. The minimum atomic E-state index is -2.67. The lowest BCUT2D eigenvalue weighted by atomic mass is 10.2. The van der Waals surface area contributed by atoms with E-state index in [2.05, 4.69) is 10.6 Å². The lowest BCUT2D eigenvalue weighted by molar-refractivity contribution is 0.0205. The van der Waals surface area contributed by atoms with Crippen LogP contribution in [0, 0.1) is 0 Å². The van der Waals surface area contributed by atoms with E-state index in [0.717, 1.165) is 0 Å². The number of carbonyl (C=O) groups is 1. The summed E-state index contributed by atoms with van der Waals surface area (Å²) in [6, 6.07) is -0.387. The third kappa shape index (κ3) is 4.74. The van der Waals surface area contributed by atoms with E-state index in [1.807, 2.05) is 0 Å². The Balaban J connectivity index is 2.23. The highest BCUT2D eigenvalue weighted by molar-refractivity contribution is 5.67. The van der Waals surface area contributed by atoms with Crippen LogP contribution in [0.25, 0.3) is 0 Å². The van der Waals surface area contributed by atoms with Gasteiger partial charge in [0.1, 0.15) is 5.60 Å². The van der Waals surface area contributed by atoms with Crippen LogP contribution in [-0.4, -0.2) is 36.7 Å². The molecule has 1 atom stereocenters. The fourth-order valence-corrected chi connectivity index (χ4v) is 1.46. The van der Waals surface area contributed by atoms with Crippen molar-refractivity contribution in [2.45, 2.75) is 44.8 Å². The van der Waals surface area contributed by atoms with Crippen molar-refractivity contribution in [1.29, 1.82) is 0 Å². The van der Waals surface area contributed by atoms with Gasteiger partial charge in [-0.1, -0.05) is 0 Å². The number of hydrogen-bond acceptors (Lipinski definition) is 3. The van der Waals surface area contributed by atoms with Crippen LogP contribution >= 0.6 is 0 Å². The highest BCUT2D eigenvalue weighted by Crippen LogP contribution is 2.24. The number of alkyl halides is 2. The highest BCUT2D eigenvalue weighted by atomic mass is 19.3. The number of amides is 1. The number of hydrogen-bond donors (Lipinski definition) is 2.